The average Bonchev–Trinajstić information content (AvgIpc) is 3.06. The van der Waals surface area contributed by atoms with Gasteiger partial charge in [-0.1, -0.05) is 19.1 Å². The molecule has 0 aliphatic heterocycles. The molecule has 0 aromatic heterocycles. The quantitative estimate of drug-likeness (QED) is 0.767. The van der Waals surface area contributed by atoms with Crippen LogP contribution in [-0.2, 0) is 0 Å². The Morgan fingerprint density at radius 3 is 2.83 bits per heavy atom. The summed E-state index contributed by atoms with van der Waals surface area (Å²) in [5, 5.41) is 15.1. The second-order valence-corrected chi connectivity index (χ2v) is 5.42. The first-order chi connectivity index (χ1) is 8.48. The van der Waals surface area contributed by atoms with E-state index >= 15 is 0 Å². The molecule has 4 heteroatoms. The Hall–Kier alpha value is -1.55. The molecule has 2 rings (SSSR count). The topological polar surface area (TPSA) is 61.4 Å². The monoisotopic (exact) mass is 248 g/mol. The fourth-order valence-electron chi connectivity index (χ4n) is 1.74. The molecule has 3 N–H and O–H groups in total. The summed E-state index contributed by atoms with van der Waals surface area (Å²) in [5.41, 5.74) is 1.80. The molecule has 1 aromatic rings. The van der Waals surface area contributed by atoms with Crippen LogP contribution in [-0.4, -0.2) is 17.7 Å². The number of hydrogen-bond acceptors (Lipinski definition) is 2. The molecule has 1 saturated carbocycles. The number of nitrogens with one attached hydrogen (secondary N) is 2. The van der Waals surface area contributed by atoms with Crippen molar-refractivity contribution in [2.75, 3.05) is 11.9 Å². The summed E-state index contributed by atoms with van der Waals surface area (Å²) in [6, 6.07) is 7.05. The number of urea groups is 1. The van der Waals surface area contributed by atoms with Crippen molar-refractivity contribution in [2.24, 2.45) is 5.41 Å². The van der Waals surface area contributed by atoms with Crippen molar-refractivity contribution in [3.05, 3.63) is 29.8 Å². The van der Waals surface area contributed by atoms with Crippen molar-refractivity contribution in [1.82, 2.24) is 5.32 Å². The maximum Gasteiger partial charge on any atom is 0.319 e. The molecule has 0 saturated heterocycles. The summed E-state index contributed by atoms with van der Waals surface area (Å²) >= 11 is 0. The number of hydrogen-bond donors (Lipinski definition) is 3. The van der Waals surface area contributed by atoms with E-state index in [0.717, 1.165) is 12.1 Å². The van der Waals surface area contributed by atoms with Crippen LogP contribution >= 0.6 is 0 Å². The molecule has 98 valence electrons. The van der Waals surface area contributed by atoms with Gasteiger partial charge in [0.2, 0.25) is 0 Å². The number of aliphatic hydroxyl groups is 1. The number of aliphatic hydroxyl groups excluding tert-OH is 1. The first kappa shape index (κ1) is 12.9. The first-order valence-corrected chi connectivity index (χ1v) is 6.31. The zero-order chi connectivity index (χ0) is 13.2. The minimum absolute atomic E-state index is 0.189. The molecule has 0 radical (unpaired) electrons. The molecule has 2 amide bonds. The average molecular weight is 248 g/mol. The van der Waals surface area contributed by atoms with Crippen LogP contribution in [0.1, 0.15) is 38.4 Å². The lowest BCUT2D eigenvalue weighted by Crippen LogP contribution is -2.32. The van der Waals surface area contributed by atoms with E-state index in [4.69, 9.17) is 0 Å². The van der Waals surface area contributed by atoms with E-state index in [1.165, 1.54) is 12.8 Å². The molecule has 1 unspecified atom stereocenters. The summed E-state index contributed by atoms with van der Waals surface area (Å²) < 4.78 is 0. The number of rotatable bonds is 4. The Bertz CT molecular complexity index is 439. The van der Waals surface area contributed by atoms with Gasteiger partial charge in [-0.3, -0.25) is 0 Å². The van der Waals surface area contributed by atoms with E-state index in [-0.39, 0.29) is 6.03 Å². The molecule has 1 atom stereocenters. The van der Waals surface area contributed by atoms with Crippen LogP contribution in [0.4, 0.5) is 10.5 Å². The predicted molar refractivity (Wildman–Crippen MR) is 71.4 cm³/mol. The van der Waals surface area contributed by atoms with Crippen molar-refractivity contribution >= 4 is 11.7 Å². The predicted octanol–water partition coefficient (Wildman–Crippen LogP) is 2.66. The van der Waals surface area contributed by atoms with E-state index < -0.39 is 6.10 Å². The summed E-state index contributed by atoms with van der Waals surface area (Å²) in [6.07, 6.45) is 1.84. The zero-order valence-corrected chi connectivity index (χ0v) is 10.9. The lowest BCUT2D eigenvalue weighted by atomic mass is 10.1. The number of carbonyl (C=O) groups excluding carboxylic acids is 1. The molecule has 1 fully saturated rings. The fraction of sp³-hybridized carbons (Fsp3) is 0.500. The van der Waals surface area contributed by atoms with E-state index in [1.807, 2.05) is 18.2 Å². The molecule has 1 aromatic carbocycles. The SMILES string of the molecule is CC(O)c1cccc(NC(=O)NCC2(C)CC2)c1. The smallest absolute Gasteiger partial charge is 0.319 e. The van der Waals surface area contributed by atoms with Crippen LogP contribution in [0.3, 0.4) is 0 Å². The van der Waals surface area contributed by atoms with Crippen molar-refractivity contribution in [3.8, 4) is 0 Å². The molecule has 0 bridgehead atoms. The lowest BCUT2D eigenvalue weighted by Gasteiger charge is -2.12. The Morgan fingerprint density at radius 1 is 1.50 bits per heavy atom. The molecule has 18 heavy (non-hydrogen) atoms. The van der Waals surface area contributed by atoms with Gasteiger partial charge in [0.25, 0.3) is 0 Å². The fourth-order valence-corrected chi connectivity index (χ4v) is 1.74. The van der Waals surface area contributed by atoms with Gasteiger partial charge in [0.1, 0.15) is 0 Å². The van der Waals surface area contributed by atoms with Gasteiger partial charge in [-0.25, -0.2) is 4.79 Å². The van der Waals surface area contributed by atoms with Crippen LogP contribution in [0.25, 0.3) is 0 Å². The first-order valence-electron chi connectivity index (χ1n) is 6.31. The highest BCUT2D eigenvalue weighted by atomic mass is 16.3. The van der Waals surface area contributed by atoms with E-state index in [1.54, 1.807) is 13.0 Å². The van der Waals surface area contributed by atoms with Crippen molar-refractivity contribution in [1.29, 1.82) is 0 Å². The number of benzene rings is 1. The Labute approximate surface area is 107 Å². The maximum absolute atomic E-state index is 11.7. The second kappa shape index (κ2) is 4.98. The lowest BCUT2D eigenvalue weighted by molar-refractivity contribution is 0.199. The third kappa shape index (κ3) is 3.47. The molecule has 1 aliphatic carbocycles. The van der Waals surface area contributed by atoms with Crippen LogP contribution < -0.4 is 10.6 Å². The summed E-state index contributed by atoms with van der Waals surface area (Å²) in [7, 11) is 0. The van der Waals surface area contributed by atoms with Crippen molar-refractivity contribution < 1.29 is 9.90 Å². The van der Waals surface area contributed by atoms with Gasteiger partial charge in [-0.2, -0.15) is 0 Å². The molecular formula is C14H20N2O2. The Balaban J connectivity index is 1.88. The highest BCUT2D eigenvalue weighted by Crippen LogP contribution is 2.43. The number of carbonyl (C=O) groups is 1. The third-order valence-electron chi connectivity index (χ3n) is 3.41. The van der Waals surface area contributed by atoms with Gasteiger partial charge in [0.05, 0.1) is 6.10 Å². The van der Waals surface area contributed by atoms with Crippen LogP contribution in [0, 0.1) is 5.41 Å². The second-order valence-electron chi connectivity index (χ2n) is 5.42. The van der Waals surface area contributed by atoms with Crippen molar-refractivity contribution in [2.45, 2.75) is 32.8 Å². The summed E-state index contributed by atoms with van der Waals surface area (Å²) in [4.78, 5) is 11.7. The standard InChI is InChI=1S/C14H20N2O2/c1-10(17)11-4-3-5-12(8-11)16-13(18)15-9-14(2)6-7-14/h3-5,8,10,17H,6-7,9H2,1-2H3,(H2,15,16,18). The van der Waals surface area contributed by atoms with Gasteiger partial charge in [-0.15, -0.1) is 0 Å². The van der Waals surface area contributed by atoms with Gasteiger partial charge < -0.3 is 15.7 Å². The largest absolute Gasteiger partial charge is 0.389 e. The van der Waals surface area contributed by atoms with Gasteiger partial charge in [0.15, 0.2) is 0 Å². The molecule has 0 heterocycles. The number of anilines is 1. The van der Waals surface area contributed by atoms with Gasteiger partial charge >= 0.3 is 6.03 Å². The van der Waals surface area contributed by atoms with Crippen LogP contribution in [0.5, 0.6) is 0 Å². The molecule has 0 spiro atoms. The van der Waals surface area contributed by atoms with Gasteiger partial charge in [0, 0.05) is 12.2 Å². The Kier molecular flexibility index (Phi) is 3.57. The maximum atomic E-state index is 11.7. The molecular weight excluding hydrogens is 228 g/mol. The van der Waals surface area contributed by atoms with Crippen LogP contribution in [0.2, 0.25) is 0 Å². The molecule has 4 nitrogen and oxygen atoms in total. The van der Waals surface area contributed by atoms with Crippen molar-refractivity contribution in [3.63, 3.8) is 0 Å². The minimum atomic E-state index is -0.528. The van der Waals surface area contributed by atoms with E-state index in [0.29, 0.717) is 11.1 Å². The van der Waals surface area contributed by atoms with Gasteiger partial charge in [-0.05, 0) is 42.9 Å². The van der Waals surface area contributed by atoms with E-state index in [9.17, 15) is 9.90 Å². The number of amides is 2. The van der Waals surface area contributed by atoms with E-state index in [2.05, 4.69) is 17.6 Å². The Morgan fingerprint density at radius 2 is 2.22 bits per heavy atom. The normalized spacial score (nSPS) is 17.9. The van der Waals surface area contributed by atoms with Crippen LogP contribution in [0.15, 0.2) is 24.3 Å². The third-order valence-corrected chi connectivity index (χ3v) is 3.41. The highest BCUT2D eigenvalue weighted by molar-refractivity contribution is 5.89. The summed E-state index contributed by atoms with van der Waals surface area (Å²) in [6.45, 7) is 4.59. The highest BCUT2D eigenvalue weighted by Gasteiger charge is 2.37. The zero-order valence-electron chi connectivity index (χ0n) is 10.9. The molecule has 1 aliphatic rings. The summed E-state index contributed by atoms with van der Waals surface area (Å²) in [5.74, 6) is 0. The minimum Gasteiger partial charge on any atom is -0.389 e.